The fraction of sp³-hybridized carbons (Fsp3) is 0.438. The summed E-state index contributed by atoms with van der Waals surface area (Å²) in [6.07, 6.45) is 1.68. The molecule has 1 amide bonds. The summed E-state index contributed by atoms with van der Waals surface area (Å²) in [6.45, 7) is 5.24. The number of furan rings is 1. The van der Waals surface area contributed by atoms with Crippen LogP contribution in [0.25, 0.3) is 11.0 Å². The van der Waals surface area contributed by atoms with E-state index < -0.39 is 0 Å². The summed E-state index contributed by atoms with van der Waals surface area (Å²) >= 11 is 6.20. The SMILES string of the molecule is Cc1cc(Cl)c2oc(C(=O)NC3CCOCC3)c(C)c2c1. The molecule has 0 spiro atoms. The lowest BCUT2D eigenvalue weighted by Gasteiger charge is -2.22. The molecule has 0 unspecified atom stereocenters. The molecular formula is C16H18ClNO3. The first-order valence-corrected chi connectivity index (χ1v) is 7.52. The van der Waals surface area contributed by atoms with Crippen LogP contribution in [0, 0.1) is 13.8 Å². The van der Waals surface area contributed by atoms with Crippen LogP contribution in [0.1, 0.15) is 34.5 Å². The van der Waals surface area contributed by atoms with Gasteiger partial charge in [-0.25, -0.2) is 0 Å². The summed E-state index contributed by atoms with van der Waals surface area (Å²) in [6, 6.07) is 3.98. The van der Waals surface area contributed by atoms with Crippen molar-refractivity contribution in [3.8, 4) is 0 Å². The summed E-state index contributed by atoms with van der Waals surface area (Å²) < 4.78 is 11.0. The van der Waals surface area contributed by atoms with E-state index in [0.29, 0.717) is 29.6 Å². The fourth-order valence-electron chi connectivity index (χ4n) is 2.72. The normalized spacial score (nSPS) is 16.3. The molecule has 1 aromatic carbocycles. The average molecular weight is 308 g/mol. The van der Waals surface area contributed by atoms with Gasteiger partial charge in [-0.3, -0.25) is 4.79 Å². The quantitative estimate of drug-likeness (QED) is 0.922. The van der Waals surface area contributed by atoms with Crippen molar-refractivity contribution in [3.05, 3.63) is 34.0 Å². The van der Waals surface area contributed by atoms with Gasteiger partial charge in [0, 0.05) is 30.2 Å². The summed E-state index contributed by atoms with van der Waals surface area (Å²) in [4.78, 5) is 12.4. The lowest BCUT2D eigenvalue weighted by Crippen LogP contribution is -2.38. The highest BCUT2D eigenvalue weighted by molar-refractivity contribution is 6.35. The van der Waals surface area contributed by atoms with E-state index in [-0.39, 0.29) is 11.9 Å². The lowest BCUT2D eigenvalue weighted by atomic mass is 10.1. The van der Waals surface area contributed by atoms with Gasteiger partial charge >= 0.3 is 0 Å². The van der Waals surface area contributed by atoms with E-state index in [9.17, 15) is 4.79 Å². The number of hydrogen-bond acceptors (Lipinski definition) is 3. The van der Waals surface area contributed by atoms with E-state index in [2.05, 4.69) is 5.32 Å². The molecule has 5 heteroatoms. The third kappa shape index (κ3) is 2.78. The monoisotopic (exact) mass is 307 g/mol. The molecule has 0 saturated carbocycles. The number of hydrogen-bond donors (Lipinski definition) is 1. The highest BCUT2D eigenvalue weighted by Crippen LogP contribution is 2.32. The lowest BCUT2D eigenvalue weighted by molar-refractivity contribution is 0.0684. The number of carbonyl (C=O) groups excluding carboxylic acids is 1. The number of aryl methyl sites for hydroxylation is 2. The van der Waals surface area contributed by atoms with Crippen LogP contribution in [-0.4, -0.2) is 25.2 Å². The third-order valence-corrected chi connectivity index (χ3v) is 4.18. The van der Waals surface area contributed by atoms with Crippen molar-refractivity contribution in [2.24, 2.45) is 0 Å². The minimum Gasteiger partial charge on any atom is -0.449 e. The zero-order valence-corrected chi connectivity index (χ0v) is 12.9. The molecule has 0 bridgehead atoms. The molecule has 2 heterocycles. The molecule has 2 aromatic rings. The molecule has 1 aliphatic heterocycles. The van der Waals surface area contributed by atoms with Crippen molar-refractivity contribution in [2.75, 3.05) is 13.2 Å². The molecule has 1 aromatic heterocycles. The van der Waals surface area contributed by atoms with Gasteiger partial charge in [0.2, 0.25) is 0 Å². The Hall–Kier alpha value is -1.52. The third-order valence-electron chi connectivity index (χ3n) is 3.90. The maximum atomic E-state index is 12.4. The maximum absolute atomic E-state index is 12.4. The van der Waals surface area contributed by atoms with Crippen LogP contribution in [-0.2, 0) is 4.74 Å². The number of ether oxygens (including phenoxy) is 1. The number of fused-ring (bicyclic) bond motifs is 1. The van der Waals surface area contributed by atoms with Crippen molar-refractivity contribution in [1.29, 1.82) is 0 Å². The minimum absolute atomic E-state index is 0.149. The second kappa shape index (κ2) is 5.70. The van der Waals surface area contributed by atoms with Crippen LogP contribution in [0.2, 0.25) is 5.02 Å². The van der Waals surface area contributed by atoms with Crippen LogP contribution >= 0.6 is 11.6 Å². The smallest absolute Gasteiger partial charge is 0.287 e. The first-order valence-electron chi connectivity index (χ1n) is 7.14. The molecule has 1 N–H and O–H groups in total. The van der Waals surface area contributed by atoms with Crippen molar-refractivity contribution in [2.45, 2.75) is 32.7 Å². The summed E-state index contributed by atoms with van der Waals surface area (Å²) in [5.74, 6) is 0.174. The van der Waals surface area contributed by atoms with Crippen LogP contribution in [0.4, 0.5) is 0 Å². The highest BCUT2D eigenvalue weighted by atomic mass is 35.5. The number of amides is 1. The van der Waals surface area contributed by atoms with Gasteiger partial charge in [-0.05, 0) is 44.4 Å². The molecule has 1 fully saturated rings. The van der Waals surface area contributed by atoms with E-state index in [1.807, 2.05) is 26.0 Å². The summed E-state index contributed by atoms with van der Waals surface area (Å²) in [5.41, 5.74) is 2.46. The maximum Gasteiger partial charge on any atom is 0.287 e. The van der Waals surface area contributed by atoms with E-state index >= 15 is 0 Å². The van der Waals surface area contributed by atoms with Gasteiger partial charge in [0.05, 0.1) is 5.02 Å². The molecule has 3 rings (SSSR count). The molecule has 0 atom stereocenters. The number of halogens is 1. The molecule has 112 valence electrons. The Morgan fingerprint density at radius 3 is 2.71 bits per heavy atom. The summed E-state index contributed by atoms with van der Waals surface area (Å²) in [7, 11) is 0. The van der Waals surface area contributed by atoms with Crippen molar-refractivity contribution < 1.29 is 13.9 Å². The largest absolute Gasteiger partial charge is 0.449 e. The standard InChI is InChI=1S/C16H18ClNO3/c1-9-7-12-10(2)14(21-15(12)13(17)8-9)16(19)18-11-3-5-20-6-4-11/h7-8,11H,3-6H2,1-2H3,(H,18,19). The topological polar surface area (TPSA) is 51.5 Å². The van der Waals surface area contributed by atoms with Gasteiger partial charge < -0.3 is 14.5 Å². The Kier molecular flexibility index (Phi) is 3.91. The zero-order valence-electron chi connectivity index (χ0n) is 12.2. The predicted molar refractivity (Wildman–Crippen MR) is 82.0 cm³/mol. The Labute approximate surface area is 128 Å². The average Bonchev–Trinajstić information content (AvgIpc) is 2.78. The number of nitrogens with one attached hydrogen (secondary N) is 1. The van der Waals surface area contributed by atoms with Gasteiger partial charge in [-0.2, -0.15) is 0 Å². The van der Waals surface area contributed by atoms with Gasteiger partial charge in [0.15, 0.2) is 11.3 Å². The first-order chi connectivity index (χ1) is 10.1. The zero-order chi connectivity index (χ0) is 15.0. The van der Waals surface area contributed by atoms with Crippen molar-refractivity contribution in [1.82, 2.24) is 5.32 Å². The van der Waals surface area contributed by atoms with Crippen LogP contribution < -0.4 is 5.32 Å². The van der Waals surface area contributed by atoms with E-state index in [4.69, 9.17) is 20.8 Å². The van der Waals surface area contributed by atoms with Gasteiger partial charge in [0.25, 0.3) is 5.91 Å². The molecule has 21 heavy (non-hydrogen) atoms. The Bertz CT molecular complexity index is 686. The van der Waals surface area contributed by atoms with Crippen LogP contribution in [0.15, 0.2) is 16.5 Å². The first kappa shape index (κ1) is 14.4. The van der Waals surface area contributed by atoms with Crippen molar-refractivity contribution in [3.63, 3.8) is 0 Å². The van der Waals surface area contributed by atoms with E-state index in [1.54, 1.807) is 0 Å². The van der Waals surface area contributed by atoms with Gasteiger partial charge in [-0.15, -0.1) is 0 Å². The second-order valence-electron chi connectivity index (χ2n) is 5.54. The molecule has 1 aliphatic rings. The number of benzene rings is 1. The Balaban J connectivity index is 1.91. The molecule has 4 nitrogen and oxygen atoms in total. The predicted octanol–water partition coefficient (Wildman–Crippen LogP) is 3.61. The second-order valence-corrected chi connectivity index (χ2v) is 5.95. The fourth-order valence-corrected chi connectivity index (χ4v) is 3.03. The highest BCUT2D eigenvalue weighted by Gasteiger charge is 2.23. The Morgan fingerprint density at radius 2 is 2.00 bits per heavy atom. The molecule has 1 saturated heterocycles. The van der Waals surface area contributed by atoms with Crippen LogP contribution in [0.5, 0.6) is 0 Å². The van der Waals surface area contributed by atoms with Gasteiger partial charge in [-0.1, -0.05) is 11.6 Å². The number of rotatable bonds is 2. The molecule has 0 radical (unpaired) electrons. The van der Waals surface area contributed by atoms with Crippen molar-refractivity contribution >= 4 is 28.5 Å². The minimum atomic E-state index is -0.177. The van der Waals surface area contributed by atoms with E-state index in [1.165, 1.54) is 0 Å². The molecular weight excluding hydrogens is 290 g/mol. The Morgan fingerprint density at radius 1 is 1.29 bits per heavy atom. The van der Waals surface area contributed by atoms with Crippen LogP contribution in [0.3, 0.4) is 0 Å². The number of carbonyl (C=O) groups is 1. The molecule has 0 aliphatic carbocycles. The van der Waals surface area contributed by atoms with Gasteiger partial charge in [0.1, 0.15) is 0 Å². The summed E-state index contributed by atoms with van der Waals surface area (Å²) in [5, 5.41) is 4.46. The van der Waals surface area contributed by atoms with E-state index in [0.717, 1.165) is 29.4 Å².